The van der Waals surface area contributed by atoms with Crippen LogP contribution in [0, 0.1) is 13.8 Å². The maximum atomic E-state index is 11.9. The van der Waals surface area contributed by atoms with Crippen LogP contribution in [-0.4, -0.2) is 30.9 Å². The molecule has 0 bridgehead atoms. The SMILES string of the molecule is CC(=O)NCCC(=O)OCC(=O)Nc1ccc(Sc2cc(C)ccc2C)cc1. The van der Waals surface area contributed by atoms with E-state index in [-0.39, 0.29) is 25.5 Å². The Hall–Kier alpha value is -2.80. The Balaban J connectivity index is 1.80. The highest BCUT2D eigenvalue weighted by Crippen LogP contribution is 2.31. The van der Waals surface area contributed by atoms with Crippen molar-refractivity contribution in [2.45, 2.75) is 37.0 Å². The number of hydrogen-bond acceptors (Lipinski definition) is 5. The summed E-state index contributed by atoms with van der Waals surface area (Å²) >= 11 is 1.67. The van der Waals surface area contributed by atoms with Gasteiger partial charge in [-0.25, -0.2) is 0 Å². The first-order valence-electron chi connectivity index (χ1n) is 8.88. The second kappa shape index (κ2) is 10.5. The molecule has 0 aromatic heterocycles. The van der Waals surface area contributed by atoms with Crippen molar-refractivity contribution in [3.8, 4) is 0 Å². The van der Waals surface area contributed by atoms with E-state index < -0.39 is 11.9 Å². The fourth-order valence-electron chi connectivity index (χ4n) is 2.31. The average Bonchev–Trinajstić information content (AvgIpc) is 2.64. The number of rotatable bonds is 8. The molecule has 0 aliphatic carbocycles. The molecule has 2 rings (SSSR count). The van der Waals surface area contributed by atoms with Crippen molar-refractivity contribution in [1.82, 2.24) is 5.32 Å². The van der Waals surface area contributed by atoms with Crippen LogP contribution in [0.4, 0.5) is 5.69 Å². The molecule has 0 unspecified atom stereocenters. The quantitative estimate of drug-likeness (QED) is 0.663. The van der Waals surface area contributed by atoms with Gasteiger partial charge in [0.2, 0.25) is 5.91 Å². The molecule has 0 atom stereocenters. The molecule has 28 heavy (non-hydrogen) atoms. The Morgan fingerprint density at radius 2 is 1.75 bits per heavy atom. The Bertz CT molecular complexity index is 850. The van der Waals surface area contributed by atoms with Gasteiger partial charge in [0, 0.05) is 28.9 Å². The number of benzene rings is 2. The van der Waals surface area contributed by atoms with Crippen molar-refractivity contribution in [2.24, 2.45) is 0 Å². The number of aryl methyl sites for hydroxylation is 2. The van der Waals surface area contributed by atoms with Gasteiger partial charge in [0.1, 0.15) is 0 Å². The lowest BCUT2D eigenvalue weighted by Gasteiger charge is -2.09. The Morgan fingerprint density at radius 3 is 2.43 bits per heavy atom. The predicted molar refractivity (Wildman–Crippen MR) is 109 cm³/mol. The molecular formula is C21H24N2O4S. The monoisotopic (exact) mass is 400 g/mol. The summed E-state index contributed by atoms with van der Waals surface area (Å²) in [5, 5.41) is 5.18. The van der Waals surface area contributed by atoms with E-state index in [1.54, 1.807) is 11.8 Å². The zero-order valence-electron chi connectivity index (χ0n) is 16.2. The fraction of sp³-hybridized carbons (Fsp3) is 0.286. The largest absolute Gasteiger partial charge is 0.456 e. The minimum atomic E-state index is -0.538. The van der Waals surface area contributed by atoms with Gasteiger partial charge in [-0.1, -0.05) is 23.9 Å². The second-order valence-electron chi connectivity index (χ2n) is 6.34. The van der Waals surface area contributed by atoms with Crippen LogP contribution in [0.1, 0.15) is 24.5 Å². The lowest BCUT2D eigenvalue weighted by atomic mass is 10.2. The van der Waals surface area contributed by atoms with E-state index >= 15 is 0 Å². The van der Waals surface area contributed by atoms with Gasteiger partial charge in [0.15, 0.2) is 6.61 Å². The van der Waals surface area contributed by atoms with E-state index in [1.807, 2.05) is 24.3 Å². The molecule has 0 heterocycles. The van der Waals surface area contributed by atoms with E-state index in [9.17, 15) is 14.4 Å². The van der Waals surface area contributed by atoms with Crippen molar-refractivity contribution in [2.75, 3.05) is 18.5 Å². The van der Waals surface area contributed by atoms with Crippen molar-refractivity contribution in [1.29, 1.82) is 0 Å². The molecule has 148 valence electrons. The first kappa shape index (κ1) is 21.5. The molecule has 2 aromatic carbocycles. The third-order valence-electron chi connectivity index (χ3n) is 3.78. The number of carbonyl (C=O) groups excluding carboxylic acids is 3. The van der Waals surface area contributed by atoms with Crippen LogP contribution in [0.5, 0.6) is 0 Å². The molecule has 0 saturated carbocycles. The fourth-order valence-corrected chi connectivity index (χ4v) is 3.31. The van der Waals surface area contributed by atoms with Gasteiger partial charge in [0.25, 0.3) is 5.91 Å². The highest BCUT2D eigenvalue weighted by atomic mass is 32.2. The molecule has 6 nitrogen and oxygen atoms in total. The first-order valence-corrected chi connectivity index (χ1v) is 9.70. The van der Waals surface area contributed by atoms with Crippen LogP contribution in [-0.2, 0) is 19.1 Å². The van der Waals surface area contributed by atoms with Gasteiger partial charge >= 0.3 is 5.97 Å². The molecule has 0 aliphatic rings. The van der Waals surface area contributed by atoms with Gasteiger partial charge in [-0.05, 0) is 55.3 Å². The molecule has 2 amide bonds. The molecule has 0 radical (unpaired) electrons. The number of carbonyl (C=O) groups is 3. The maximum Gasteiger partial charge on any atom is 0.308 e. The lowest BCUT2D eigenvalue weighted by molar-refractivity contribution is -0.147. The van der Waals surface area contributed by atoms with Crippen LogP contribution in [0.25, 0.3) is 0 Å². The highest BCUT2D eigenvalue weighted by molar-refractivity contribution is 7.99. The number of nitrogens with one attached hydrogen (secondary N) is 2. The van der Waals surface area contributed by atoms with E-state index in [2.05, 4.69) is 42.7 Å². The third-order valence-corrected chi connectivity index (χ3v) is 4.94. The van der Waals surface area contributed by atoms with E-state index in [0.717, 1.165) is 4.90 Å². The van der Waals surface area contributed by atoms with Crippen LogP contribution in [0.15, 0.2) is 52.3 Å². The second-order valence-corrected chi connectivity index (χ2v) is 7.45. The van der Waals surface area contributed by atoms with Crippen molar-refractivity contribution in [3.63, 3.8) is 0 Å². The van der Waals surface area contributed by atoms with Crippen molar-refractivity contribution < 1.29 is 19.1 Å². The van der Waals surface area contributed by atoms with Crippen molar-refractivity contribution >= 4 is 35.2 Å². The molecule has 0 aliphatic heterocycles. The van der Waals surface area contributed by atoms with Gasteiger partial charge < -0.3 is 15.4 Å². The topological polar surface area (TPSA) is 84.5 Å². The summed E-state index contributed by atoms with van der Waals surface area (Å²) < 4.78 is 4.88. The number of hydrogen-bond donors (Lipinski definition) is 2. The van der Waals surface area contributed by atoms with Gasteiger partial charge in [-0.3, -0.25) is 14.4 Å². The summed E-state index contributed by atoms with van der Waals surface area (Å²) in [4.78, 5) is 36.4. The maximum absolute atomic E-state index is 11.9. The number of amides is 2. The summed E-state index contributed by atoms with van der Waals surface area (Å²) in [6.07, 6.45) is 0.0250. The zero-order valence-corrected chi connectivity index (χ0v) is 17.0. The zero-order chi connectivity index (χ0) is 20.5. The highest BCUT2D eigenvalue weighted by Gasteiger charge is 2.09. The first-order chi connectivity index (χ1) is 13.3. The standard InChI is InChI=1S/C21H24N2O4S/c1-14-4-5-15(2)19(12-14)28-18-8-6-17(7-9-18)23-20(25)13-27-21(26)10-11-22-16(3)24/h4-9,12H,10-11,13H2,1-3H3,(H,22,24)(H,23,25). The van der Waals surface area contributed by atoms with Crippen LogP contribution in [0.2, 0.25) is 0 Å². The predicted octanol–water partition coefficient (Wildman–Crippen LogP) is 3.46. The van der Waals surface area contributed by atoms with Crippen LogP contribution in [0.3, 0.4) is 0 Å². The van der Waals surface area contributed by atoms with Gasteiger partial charge in [0.05, 0.1) is 6.42 Å². The summed E-state index contributed by atoms with van der Waals surface area (Å²) in [6.45, 7) is 5.33. The van der Waals surface area contributed by atoms with Crippen LogP contribution < -0.4 is 10.6 Å². The lowest BCUT2D eigenvalue weighted by Crippen LogP contribution is -2.25. The normalized spacial score (nSPS) is 10.2. The van der Waals surface area contributed by atoms with Crippen molar-refractivity contribution in [3.05, 3.63) is 53.6 Å². The van der Waals surface area contributed by atoms with Gasteiger partial charge in [-0.15, -0.1) is 0 Å². The molecule has 0 spiro atoms. The summed E-state index contributed by atoms with van der Waals surface area (Å²) in [5.74, 6) is -1.17. The molecule has 0 fully saturated rings. The summed E-state index contributed by atoms with van der Waals surface area (Å²) in [7, 11) is 0. The summed E-state index contributed by atoms with van der Waals surface area (Å²) in [6, 6.07) is 13.8. The minimum absolute atomic E-state index is 0.0250. The number of esters is 1. The molecule has 2 N–H and O–H groups in total. The minimum Gasteiger partial charge on any atom is -0.456 e. The van der Waals surface area contributed by atoms with E-state index in [0.29, 0.717) is 5.69 Å². The average molecular weight is 401 g/mol. The van der Waals surface area contributed by atoms with Crippen LogP contribution >= 0.6 is 11.8 Å². The Kier molecular flexibility index (Phi) is 8.07. The Labute approximate surface area is 169 Å². The van der Waals surface area contributed by atoms with E-state index in [1.165, 1.54) is 22.9 Å². The van der Waals surface area contributed by atoms with Gasteiger partial charge in [-0.2, -0.15) is 0 Å². The summed E-state index contributed by atoms with van der Waals surface area (Å²) in [5.41, 5.74) is 3.06. The Morgan fingerprint density at radius 1 is 1.04 bits per heavy atom. The number of anilines is 1. The van der Waals surface area contributed by atoms with E-state index in [4.69, 9.17) is 4.74 Å². The molecular weight excluding hydrogens is 376 g/mol. The molecule has 0 saturated heterocycles. The molecule has 7 heteroatoms. The number of ether oxygens (including phenoxy) is 1. The third kappa shape index (κ3) is 7.44. The smallest absolute Gasteiger partial charge is 0.308 e. The molecule has 2 aromatic rings.